The fourth-order valence-electron chi connectivity index (χ4n) is 1.38. The van der Waals surface area contributed by atoms with Crippen LogP contribution in [-0.2, 0) is 0 Å². The van der Waals surface area contributed by atoms with Crippen molar-refractivity contribution in [2.75, 3.05) is 0 Å². The molecule has 0 fully saturated rings. The van der Waals surface area contributed by atoms with Gasteiger partial charge in [-0.15, -0.1) is 0 Å². The highest BCUT2D eigenvalue weighted by atomic mass is 16.3. The van der Waals surface area contributed by atoms with Crippen LogP contribution in [0.3, 0.4) is 0 Å². The van der Waals surface area contributed by atoms with E-state index < -0.39 is 5.91 Å². The zero-order valence-electron chi connectivity index (χ0n) is 8.96. The number of aliphatic imine (C=N–C) groups is 1. The second-order valence-corrected chi connectivity index (χ2v) is 3.37. The van der Waals surface area contributed by atoms with Crippen LogP contribution in [0.5, 0.6) is 0 Å². The first-order valence-electron chi connectivity index (χ1n) is 4.96. The third-order valence-corrected chi connectivity index (χ3v) is 2.11. The van der Waals surface area contributed by atoms with Gasteiger partial charge in [0.1, 0.15) is 5.76 Å². The number of amides is 1. The lowest BCUT2D eigenvalue weighted by atomic mass is 10.2. The van der Waals surface area contributed by atoms with Crippen molar-refractivity contribution >= 4 is 11.9 Å². The van der Waals surface area contributed by atoms with Gasteiger partial charge in [0.05, 0.1) is 0 Å². The highest BCUT2D eigenvalue weighted by molar-refractivity contribution is 6.00. The highest BCUT2D eigenvalue weighted by Gasteiger charge is 2.11. The molecule has 0 saturated heterocycles. The van der Waals surface area contributed by atoms with Gasteiger partial charge in [-0.3, -0.25) is 4.79 Å². The number of hydrogen-bond acceptors (Lipinski definition) is 2. The van der Waals surface area contributed by atoms with Crippen LogP contribution >= 0.6 is 0 Å². The van der Waals surface area contributed by atoms with Crippen LogP contribution in [0, 0.1) is 0 Å². The number of guanidine groups is 1. The summed E-state index contributed by atoms with van der Waals surface area (Å²) in [6, 6.07) is 12.7. The molecule has 5 nitrogen and oxygen atoms in total. The Morgan fingerprint density at radius 2 is 1.76 bits per heavy atom. The molecule has 0 atom stereocenters. The Morgan fingerprint density at radius 3 is 2.41 bits per heavy atom. The minimum atomic E-state index is -0.591. The second-order valence-electron chi connectivity index (χ2n) is 3.37. The van der Waals surface area contributed by atoms with Crippen LogP contribution in [0.15, 0.2) is 51.9 Å². The lowest BCUT2D eigenvalue weighted by Gasteiger charge is -1.95. The molecule has 5 heteroatoms. The van der Waals surface area contributed by atoms with Gasteiger partial charge in [-0.2, -0.15) is 4.99 Å². The Kier molecular flexibility index (Phi) is 2.91. The van der Waals surface area contributed by atoms with Crippen LogP contribution in [0.2, 0.25) is 0 Å². The molecule has 0 spiro atoms. The summed E-state index contributed by atoms with van der Waals surface area (Å²) in [6.07, 6.45) is 0. The van der Waals surface area contributed by atoms with Gasteiger partial charge in [-0.25, -0.2) is 0 Å². The molecule has 1 aromatic heterocycles. The largest absolute Gasteiger partial charge is 0.451 e. The van der Waals surface area contributed by atoms with Crippen molar-refractivity contribution in [3.63, 3.8) is 0 Å². The third-order valence-electron chi connectivity index (χ3n) is 2.11. The van der Waals surface area contributed by atoms with Crippen LogP contribution in [0.4, 0.5) is 0 Å². The Balaban J connectivity index is 2.28. The average molecular weight is 229 g/mol. The van der Waals surface area contributed by atoms with Crippen LogP contribution < -0.4 is 11.5 Å². The maximum absolute atomic E-state index is 11.5. The van der Waals surface area contributed by atoms with E-state index in [1.807, 2.05) is 30.3 Å². The van der Waals surface area contributed by atoms with Gasteiger partial charge in [0, 0.05) is 5.56 Å². The lowest BCUT2D eigenvalue weighted by molar-refractivity contribution is 0.0977. The van der Waals surface area contributed by atoms with Crippen molar-refractivity contribution in [1.82, 2.24) is 0 Å². The number of carbonyl (C=O) groups excluding carboxylic acids is 1. The van der Waals surface area contributed by atoms with Gasteiger partial charge in [-0.05, 0) is 12.1 Å². The molecule has 1 amide bonds. The summed E-state index contributed by atoms with van der Waals surface area (Å²) < 4.78 is 5.36. The number of carbonyl (C=O) groups is 1. The first kappa shape index (κ1) is 10.9. The summed E-state index contributed by atoms with van der Waals surface area (Å²) in [5.74, 6) is -0.170. The van der Waals surface area contributed by atoms with Crippen molar-refractivity contribution in [3.05, 3.63) is 48.2 Å². The van der Waals surface area contributed by atoms with E-state index in [0.29, 0.717) is 5.76 Å². The summed E-state index contributed by atoms with van der Waals surface area (Å²) in [5, 5.41) is 0. The molecule has 0 bridgehead atoms. The molecule has 0 aliphatic carbocycles. The Hall–Kier alpha value is -2.56. The fourth-order valence-corrected chi connectivity index (χ4v) is 1.38. The molecule has 0 aliphatic heterocycles. The number of nitrogens with two attached hydrogens (primary N) is 2. The van der Waals surface area contributed by atoms with E-state index in [1.165, 1.54) is 6.07 Å². The van der Waals surface area contributed by atoms with E-state index in [-0.39, 0.29) is 11.7 Å². The number of nitrogens with zero attached hydrogens (tertiary/aromatic N) is 1. The zero-order valence-corrected chi connectivity index (χ0v) is 8.96. The number of hydrogen-bond donors (Lipinski definition) is 2. The molecule has 2 aromatic rings. The molecule has 0 unspecified atom stereocenters. The summed E-state index contributed by atoms with van der Waals surface area (Å²) in [6.45, 7) is 0. The zero-order chi connectivity index (χ0) is 12.3. The fraction of sp³-hybridized carbons (Fsp3) is 0. The SMILES string of the molecule is NC(N)=NC(=O)c1ccc(-c2ccccc2)o1. The Bertz CT molecular complexity index is 554. The molecule has 86 valence electrons. The number of rotatable bonds is 2. The molecule has 0 radical (unpaired) electrons. The normalized spacial score (nSPS) is 9.88. The number of benzene rings is 1. The van der Waals surface area contributed by atoms with Gasteiger partial charge in [0.2, 0.25) is 0 Å². The van der Waals surface area contributed by atoms with Crippen LogP contribution in [0.25, 0.3) is 11.3 Å². The van der Waals surface area contributed by atoms with E-state index in [1.54, 1.807) is 6.07 Å². The first-order chi connectivity index (χ1) is 8.16. The van der Waals surface area contributed by atoms with Crippen LogP contribution in [-0.4, -0.2) is 11.9 Å². The summed E-state index contributed by atoms with van der Waals surface area (Å²) in [7, 11) is 0. The van der Waals surface area contributed by atoms with E-state index >= 15 is 0 Å². The molecule has 0 aliphatic rings. The highest BCUT2D eigenvalue weighted by Crippen LogP contribution is 2.21. The molecule has 1 aromatic carbocycles. The Morgan fingerprint density at radius 1 is 1.06 bits per heavy atom. The molecular weight excluding hydrogens is 218 g/mol. The Labute approximate surface area is 97.7 Å². The van der Waals surface area contributed by atoms with Crippen molar-refractivity contribution in [2.45, 2.75) is 0 Å². The van der Waals surface area contributed by atoms with Gasteiger partial charge in [0.15, 0.2) is 11.7 Å². The predicted molar refractivity (Wildman–Crippen MR) is 64.3 cm³/mol. The van der Waals surface area contributed by atoms with Crippen molar-refractivity contribution < 1.29 is 9.21 Å². The van der Waals surface area contributed by atoms with Gasteiger partial charge < -0.3 is 15.9 Å². The van der Waals surface area contributed by atoms with E-state index in [4.69, 9.17) is 15.9 Å². The summed E-state index contributed by atoms with van der Waals surface area (Å²) >= 11 is 0. The smallest absolute Gasteiger partial charge is 0.315 e. The third kappa shape index (κ3) is 2.52. The minimum absolute atomic E-state index is 0.109. The lowest BCUT2D eigenvalue weighted by Crippen LogP contribution is -2.24. The second kappa shape index (κ2) is 4.52. The predicted octanol–water partition coefficient (Wildman–Crippen LogP) is 1.36. The van der Waals surface area contributed by atoms with Gasteiger partial charge >= 0.3 is 5.91 Å². The van der Waals surface area contributed by atoms with E-state index in [0.717, 1.165) is 5.56 Å². The van der Waals surface area contributed by atoms with Gasteiger partial charge in [0.25, 0.3) is 0 Å². The first-order valence-corrected chi connectivity index (χ1v) is 4.96. The van der Waals surface area contributed by atoms with Crippen molar-refractivity contribution in [2.24, 2.45) is 16.5 Å². The maximum Gasteiger partial charge on any atom is 0.315 e. The van der Waals surface area contributed by atoms with Gasteiger partial charge in [-0.1, -0.05) is 30.3 Å². The van der Waals surface area contributed by atoms with Crippen molar-refractivity contribution in [3.8, 4) is 11.3 Å². The average Bonchev–Trinajstić information content (AvgIpc) is 2.78. The number of furan rings is 1. The molecule has 4 N–H and O–H groups in total. The van der Waals surface area contributed by atoms with Crippen LogP contribution in [0.1, 0.15) is 10.6 Å². The quantitative estimate of drug-likeness (QED) is 0.600. The van der Waals surface area contributed by atoms with E-state index in [2.05, 4.69) is 4.99 Å². The maximum atomic E-state index is 11.5. The molecule has 2 rings (SSSR count). The summed E-state index contributed by atoms with van der Waals surface area (Å²) in [5.41, 5.74) is 11.1. The van der Waals surface area contributed by atoms with E-state index in [9.17, 15) is 4.79 Å². The molecule has 0 saturated carbocycles. The minimum Gasteiger partial charge on any atom is -0.451 e. The van der Waals surface area contributed by atoms with Crippen molar-refractivity contribution in [1.29, 1.82) is 0 Å². The molecule has 17 heavy (non-hydrogen) atoms. The molecule has 1 heterocycles. The topological polar surface area (TPSA) is 94.6 Å². The molecular formula is C12H11N3O2. The standard InChI is InChI=1S/C12H11N3O2/c13-12(14)15-11(16)10-7-6-9(17-10)8-4-2-1-3-5-8/h1-7H,(H4,13,14,15,16). The summed E-state index contributed by atoms with van der Waals surface area (Å²) in [4.78, 5) is 14.9. The monoisotopic (exact) mass is 229 g/mol.